The smallest absolute Gasteiger partial charge is 0.311 e. The standard InChI is InChI=1S/C42H86NO2Si3/c1-11-15-19-22-25-28-32-40-38-41(33-29-26-23-20-16-12-2)43(42(39-40)34-30-27-24-21-17-13-3)35-31-37-47(7,8)45-48(9,10)44-46(5,6)36-18-14-4/h38-39H,11-37H2,1-10H3/q+1. The van der Waals surface area contributed by atoms with Crippen LogP contribution in [0, 0.1) is 0 Å². The minimum atomic E-state index is -2.15. The van der Waals surface area contributed by atoms with Crippen molar-refractivity contribution in [2.45, 2.75) is 240 Å². The summed E-state index contributed by atoms with van der Waals surface area (Å²) >= 11 is 0. The summed E-state index contributed by atoms with van der Waals surface area (Å²) < 4.78 is 16.7. The lowest BCUT2D eigenvalue weighted by Gasteiger charge is -2.38. The average Bonchev–Trinajstić information content (AvgIpc) is 3.01. The van der Waals surface area contributed by atoms with E-state index in [2.05, 4.69) is 83.7 Å². The third kappa shape index (κ3) is 22.5. The van der Waals surface area contributed by atoms with E-state index >= 15 is 0 Å². The van der Waals surface area contributed by atoms with Gasteiger partial charge in [0.25, 0.3) is 0 Å². The molecule has 1 heterocycles. The van der Waals surface area contributed by atoms with Gasteiger partial charge in [-0.25, -0.2) is 0 Å². The van der Waals surface area contributed by atoms with Gasteiger partial charge in [0.1, 0.15) is 6.54 Å². The molecule has 0 N–H and O–H groups in total. The summed E-state index contributed by atoms with van der Waals surface area (Å²) in [4.78, 5) is 0. The van der Waals surface area contributed by atoms with Gasteiger partial charge in [-0.05, 0) is 82.6 Å². The molecule has 0 aromatic carbocycles. The van der Waals surface area contributed by atoms with E-state index in [9.17, 15) is 0 Å². The number of hydrogen-bond acceptors (Lipinski definition) is 2. The predicted octanol–water partition coefficient (Wildman–Crippen LogP) is 14.0. The summed E-state index contributed by atoms with van der Waals surface area (Å²) in [7, 11) is -5.67. The molecule has 0 fully saturated rings. The quantitative estimate of drug-likeness (QED) is 0.0420. The van der Waals surface area contributed by atoms with Gasteiger partial charge in [0.05, 0.1) is 0 Å². The van der Waals surface area contributed by atoms with Crippen molar-refractivity contribution < 1.29 is 12.8 Å². The van der Waals surface area contributed by atoms with E-state index in [1.165, 1.54) is 166 Å². The number of aryl methyl sites for hydroxylation is 3. The second-order valence-electron chi connectivity index (χ2n) is 16.9. The monoisotopic (exact) mass is 721 g/mol. The van der Waals surface area contributed by atoms with Crippen LogP contribution in [0.15, 0.2) is 12.1 Å². The van der Waals surface area contributed by atoms with Crippen molar-refractivity contribution in [3.8, 4) is 0 Å². The van der Waals surface area contributed by atoms with Crippen LogP contribution in [-0.4, -0.2) is 25.2 Å². The Morgan fingerprint density at radius 1 is 0.438 bits per heavy atom. The molecule has 0 aliphatic rings. The lowest BCUT2D eigenvalue weighted by Crippen LogP contribution is -2.52. The first kappa shape index (κ1) is 45.7. The zero-order valence-electron chi connectivity index (χ0n) is 34.5. The molecule has 282 valence electrons. The van der Waals surface area contributed by atoms with Crippen LogP contribution in [0.1, 0.15) is 179 Å². The van der Waals surface area contributed by atoms with E-state index in [1.807, 2.05) is 0 Å². The molecule has 1 rings (SSSR count). The van der Waals surface area contributed by atoms with Crippen LogP contribution >= 0.6 is 0 Å². The Labute approximate surface area is 305 Å². The molecule has 1 aromatic heterocycles. The van der Waals surface area contributed by atoms with Gasteiger partial charge in [-0.15, -0.1) is 0 Å². The van der Waals surface area contributed by atoms with Crippen molar-refractivity contribution in [2.24, 2.45) is 0 Å². The molecule has 0 aliphatic carbocycles. The third-order valence-electron chi connectivity index (χ3n) is 10.1. The highest BCUT2D eigenvalue weighted by Crippen LogP contribution is 2.27. The first-order valence-electron chi connectivity index (χ1n) is 21.3. The summed E-state index contributed by atoms with van der Waals surface area (Å²) in [6.07, 6.45) is 32.2. The number of unbranched alkanes of at least 4 members (excludes halogenated alkanes) is 16. The Morgan fingerprint density at radius 3 is 1.21 bits per heavy atom. The molecule has 0 spiro atoms. The SMILES string of the molecule is CCCCCCCCc1cc(CCCCCCCC)[n+](CCC[Si](C)(C)O[Si](C)(C)O[Si](C)(C)CCCC)c(CCCCCCCC)c1. The number of nitrogens with zero attached hydrogens (tertiary/aromatic N) is 1. The largest absolute Gasteiger partial charge is 0.437 e. The van der Waals surface area contributed by atoms with Gasteiger partial charge in [-0.1, -0.05) is 137 Å². The fourth-order valence-corrected chi connectivity index (χ4v) is 21.9. The summed E-state index contributed by atoms with van der Waals surface area (Å²) in [5.41, 5.74) is 4.86. The van der Waals surface area contributed by atoms with Crippen molar-refractivity contribution in [2.75, 3.05) is 0 Å². The second-order valence-corrected chi connectivity index (χ2v) is 29.4. The fraction of sp³-hybridized carbons (Fsp3) is 0.881. The number of pyridine rings is 1. The maximum Gasteiger partial charge on any atom is 0.311 e. The molecule has 0 unspecified atom stereocenters. The van der Waals surface area contributed by atoms with E-state index in [0.717, 1.165) is 6.54 Å². The maximum absolute atomic E-state index is 7.04. The normalized spacial score (nSPS) is 12.7. The molecule has 0 amide bonds. The highest BCUT2D eigenvalue weighted by molar-refractivity contribution is 6.87. The van der Waals surface area contributed by atoms with Gasteiger partial charge in [0.2, 0.25) is 0 Å². The average molecular weight is 721 g/mol. The molecule has 0 bridgehead atoms. The summed E-state index contributed by atoms with van der Waals surface area (Å²) in [5, 5.41) is 0. The minimum absolute atomic E-state index is 1.15. The fourth-order valence-electron chi connectivity index (χ4n) is 7.66. The van der Waals surface area contributed by atoms with Crippen molar-refractivity contribution in [1.82, 2.24) is 0 Å². The van der Waals surface area contributed by atoms with Gasteiger partial charge in [0, 0.05) is 31.4 Å². The second kappa shape index (κ2) is 26.5. The Hall–Kier alpha value is -0.279. The van der Waals surface area contributed by atoms with Crippen molar-refractivity contribution in [3.63, 3.8) is 0 Å². The van der Waals surface area contributed by atoms with Crippen LogP contribution in [0.2, 0.25) is 51.4 Å². The van der Waals surface area contributed by atoms with Crippen LogP contribution in [0.5, 0.6) is 0 Å². The van der Waals surface area contributed by atoms with Gasteiger partial charge in [0.15, 0.2) is 28.0 Å². The molecule has 48 heavy (non-hydrogen) atoms. The van der Waals surface area contributed by atoms with E-state index in [4.69, 9.17) is 8.23 Å². The van der Waals surface area contributed by atoms with Gasteiger partial charge < -0.3 is 8.23 Å². The third-order valence-corrected chi connectivity index (χ3v) is 21.6. The van der Waals surface area contributed by atoms with Crippen molar-refractivity contribution in [1.29, 1.82) is 0 Å². The molecule has 3 nitrogen and oxygen atoms in total. The molecule has 1 aromatic rings. The summed E-state index contributed by atoms with van der Waals surface area (Å²) in [6, 6.07) is 7.73. The maximum atomic E-state index is 7.04. The lowest BCUT2D eigenvalue weighted by atomic mass is 9.99. The van der Waals surface area contributed by atoms with E-state index in [0.29, 0.717) is 0 Å². The molecule has 0 atom stereocenters. The number of aromatic nitrogens is 1. The zero-order valence-corrected chi connectivity index (χ0v) is 37.5. The Balaban J connectivity index is 3.11. The van der Waals surface area contributed by atoms with E-state index < -0.39 is 25.2 Å². The first-order chi connectivity index (χ1) is 22.9. The summed E-state index contributed by atoms with van der Waals surface area (Å²) in [5.74, 6) is 0. The predicted molar refractivity (Wildman–Crippen MR) is 222 cm³/mol. The number of rotatable bonds is 32. The van der Waals surface area contributed by atoms with Crippen LogP contribution in [0.4, 0.5) is 0 Å². The van der Waals surface area contributed by atoms with E-state index in [1.54, 1.807) is 17.0 Å². The van der Waals surface area contributed by atoms with Crippen LogP contribution in [0.3, 0.4) is 0 Å². The van der Waals surface area contributed by atoms with Gasteiger partial charge >= 0.3 is 8.56 Å². The highest BCUT2D eigenvalue weighted by atomic mass is 28.5. The number of hydrogen-bond donors (Lipinski definition) is 0. The molecule has 0 aliphatic heterocycles. The topological polar surface area (TPSA) is 22.3 Å². The Kier molecular flexibility index (Phi) is 25.2. The Morgan fingerprint density at radius 2 is 0.792 bits per heavy atom. The highest BCUT2D eigenvalue weighted by Gasteiger charge is 2.39. The lowest BCUT2D eigenvalue weighted by molar-refractivity contribution is -0.711. The zero-order chi connectivity index (χ0) is 35.7. The molecule has 6 heteroatoms. The van der Waals surface area contributed by atoms with E-state index in [-0.39, 0.29) is 0 Å². The van der Waals surface area contributed by atoms with Gasteiger partial charge in [-0.3, -0.25) is 0 Å². The first-order valence-corrected chi connectivity index (χ1v) is 30.4. The van der Waals surface area contributed by atoms with Crippen LogP contribution in [0.25, 0.3) is 0 Å². The molecule has 0 saturated carbocycles. The Bertz CT molecular complexity index is 896. The molecule has 0 radical (unpaired) electrons. The molecular weight excluding hydrogens is 635 g/mol. The van der Waals surface area contributed by atoms with Crippen molar-refractivity contribution in [3.05, 3.63) is 29.1 Å². The molecule has 0 saturated heterocycles. The summed E-state index contributed by atoms with van der Waals surface area (Å²) in [6.45, 7) is 24.7. The van der Waals surface area contributed by atoms with Crippen LogP contribution in [-0.2, 0) is 34.0 Å². The van der Waals surface area contributed by atoms with Crippen LogP contribution < -0.4 is 4.57 Å². The van der Waals surface area contributed by atoms with Gasteiger partial charge in [-0.2, -0.15) is 4.57 Å². The van der Waals surface area contributed by atoms with Crippen molar-refractivity contribution >= 4 is 25.2 Å². The minimum Gasteiger partial charge on any atom is -0.437 e. The molecular formula is C42H86NO2Si3+.